The number of carbonyl (C=O) groups is 1. The predicted molar refractivity (Wildman–Crippen MR) is 88.2 cm³/mol. The molecule has 2 aromatic rings. The predicted octanol–water partition coefficient (Wildman–Crippen LogP) is 3.52. The fraction of sp³-hybridized carbons (Fsp3) is 0.421. The van der Waals surface area contributed by atoms with E-state index < -0.39 is 5.97 Å². The summed E-state index contributed by atoms with van der Waals surface area (Å²) in [6.45, 7) is 3.26. The van der Waals surface area contributed by atoms with Gasteiger partial charge < -0.3 is 9.15 Å². The molecule has 0 unspecified atom stereocenters. The number of likely N-dealkylation sites (tertiary alicyclic amines) is 1. The quantitative estimate of drug-likeness (QED) is 0.792. The highest BCUT2D eigenvalue weighted by molar-refractivity contribution is 5.86. The normalized spacial score (nSPS) is 16.4. The molecule has 2 heterocycles. The molecule has 1 aromatic heterocycles. The molecule has 1 aliphatic rings. The molecular weight excluding hydrogens is 290 g/mol. The van der Waals surface area contributed by atoms with E-state index in [4.69, 9.17) is 4.42 Å². The van der Waals surface area contributed by atoms with E-state index in [2.05, 4.69) is 40.0 Å². The molecule has 0 spiro atoms. The van der Waals surface area contributed by atoms with Gasteiger partial charge in [-0.3, -0.25) is 4.90 Å². The molecule has 0 atom stereocenters. The number of ether oxygens (including phenoxy) is 1. The average Bonchev–Trinajstić information content (AvgIpc) is 3.05. The molecule has 3 rings (SSSR count). The van der Waals surface area contributed by atoms with Crippen LogP contribution in [0.5, 0.6) is 0 Å². The van der Waals surface area contributed by atoms with E-state index >= 15 is 0 Å². The van der Waals surface area contributed by atoms with E-state index in [1.54, 1.807) is 6.07 Å². The molecular formula is C19H23NO3. The number of esters is 1. The van der Waals surface area contributed by atoms with Crippen LogP contribution in [0.1, 0.15) is 34.7 Å². The molecule has 0 bridgehead atoms. The Balaban J connectivity index is 1.47. The molecule has 0 amide bonds. The van der Waals surface area contributed by atoms with Crippen molar-refractivity contribution in [2.24, 2.45) is 5.92 Å². The number of methoxy groups -OCH3 is 1. The van der Waals surface area contributed by atoms with Gasteiger partial charge in [-0.1, -0.05) is 30.3 Å². The van der Waals surface area contributed by atoms with Gasteiger partial charge in [-0.25, -0.2) is 4.79 Å². The summed E-state index contributed by atoms with van der Waals surface area (Å²) in [4.78, 5) is 13.9. The Morgan fingerprint density at radius 1 is 1.17 bits per heavy atom. The maximum atomic E-state index is 11.4. The fourth-order valence-electron chi connectivity index (χ4n) is 3.17. The van der Waals surface area contributed by atoms with Crippen LogP contribution < -0.4 is 0 Å². The lowest BCUT2D eigenvalue weighted by Gasteiger charge is -2.31. The third-order valence-electron chi connectivity index (χ3n) is 4.49. The van der Waals surface area contributed by atoms with Gasteiger partial charge in [0.25, 0.3) is 0 Å². The van der Waals surface area contributed by atoms with Crippen molar-refractivity contribution in [3.63, 3.8) is 0 Å². The van der Waals surface area contributed by atoms with Gasteiger partial charge >= 0.3 is 5.97 Å². The van der Waals surface area contributed by atoms with E-state index in [0.717, 1.165) is 31.8 Å². The standard InChI is InChI=1S/C19H23NO3/c1-22-19(21)18-8-7-17(23-18)13-15-9-11-20(12-10-15)14-16-5-3-2-4-6-16/h2-8,15H,9-14H2,1H3. The van der Waals surface area contributed by atoms with Gasteiger partial charge in [0.2, 0.25) is 5.76 Å². The van der Waals surface area contributed by atoms with Crippen molar-refractivity contribution in [3.05, 3.63) is 59.5 Å². The molecule has 1 aromatic carbocycles. The number of hydrogen-bond acceptors (Lipinski definition) is 4. The molecule has 1 fully saturated rings. The van der Waals surface area contributed by atoms with Crippen molar-refractivity contribution in [1.29, 1.82) is 0 Å². The van der Waals surface area contributed by atoms with Crippen LogP contribution in [-0.2, 0) is 17.7 Å². The third-order valence-corrected chi connectivity index (χ3v) is 4.49. The number of carbonyl (C=O) groups excluding carboxylic acids is 1. The largest absolute Gasteiger partial charge is 0.463 e. The molecule has 0 aliphatic carbocycles. The molecule has 0 radical (unpaired) electrons. The van der Waals surface area contributed by atoms with Crippen LogP contribution in [0.2, 0.25) is 0 Å². The van der Waals surface area contributed by atoms with Crippen molar-refractivity contribution in [2.75, 3.05) is 20.2 Å². The maximum absolute atomic E-state index is 11.4. The molecule has 0 saturated carbocycles. The Bertz CT molecular complexity index is 627. The maximum Gasteiger partial charge on any atom is 0.373 e. The van der Waals surface area contributed by atoms with Crippen LogP contribution in [0.4, 0.5) is 0 Å². The summed E-state index contributed by atoms with van der Waals surface area (Å²) >= 11 is 0. The lowest BCUT2D eigenvalue weighted by atomic mass is 9.92. The SMILES string of the molecule is COC(=O)c1ccc(CC2CCN(Cc3ccccc3)CC2)o1. The van der Waals surface area contributed by atoms with Gasteiger partial charge in [0.1, 0.15) is 5.76 Å². The highest BCUT2D eigenvalue weighted by atomic mass is 16.5. The Kier molecular flexibility index (Phi) is 5.13. The summed E-state index contributed by atoms with van der Waals surface area (Å²) in [6.07, 6.45) is 3.23. The van der Waals surface area contributed by atoms with Gasteiger partial charge in [-0.15, -0.1) is 0 Å². The van der Waals surface area contributed by atoms with Gasteiger partial charge in [-0.05, 0) is 49.5 Å². The zero-order chi connectivity index (χ0) is 16.1. The number of rotatable bonds is 5. The summed E-state index contributed by atoms with van der Waals surface area (Å²) in [5, 5.41) is 0. The molecule has 1 aliphatic heterocycles. The Morgan fingerprint density at radius 3 is 2.61 bits per heavy atom. The van der Waals surface area contributed by atoms with E-state index in [-0.39, 0.29) is 0 Å². The van der Waals surface area contributed by atoms with E-state index in [1.807, 2.05) is 6.07 Å². The highest BCUT2D eigenvalue weighted by Crippen LogP contribution is 2.24. The van der Waals surface area contributed by atoms with Crippen molar-refractivity contribution >= 4 is 5.97 Å². The fourth-order valence-corrected chi connectivity index (χ4v) is 3.17. The van der Waals surface area contributed by atoms with Gasteiger partial charge in [0.15, 0.2) is 0 Å². The van der Waals surface area contributed by atoms with E-state index in [9.17, 15) is 4.79 Å². The summed E-state index contributed by atoms with van der Waals surface area (Å²) < 4.78 is 10.2. The van der Waals surface area contributed by atoms with Crippen LogP contribution in [0.3, 0.4) is 0 Å². The second kappa shape index (κ2) is 7.47. The van der Waals surface area contributed by atoms with Crippen LogP contribution in [0.15, 0.2) is 46.9 Å². The van der Waals surface area contributed by atoms with E-state index in [1.165, 1.54) is 25.5 Å². The summed E-state index contributed by atoms with van der Waals surface area (Å²) in [5.74, 6) is 1.39. The number of furan rings is 1. The van der Waals surface area contributed by atoms with E-state index in [0.29, 0.717) is 11.7 Å². The number of nitrogens with zero attached hydrogens (tertiary/aromatic N) is 1. The first-order valence-corrected chi connectivity index (χ1v) is 8.18. The van der Waals surface area contributed by atoms with Crippen LogP contribution >= 0.6 is 0 Å². The monoisotopic (exact) mass is 313 g/mol. The second-order valence-electron chi connectivity index (χ2n) is 6.17. The van der Waals surface area contributed by atoms with Crippen molar-refractivity contribution in [1.82, 2.24) is 4.90 Å². The van der Waals surface area contributed by atoms with Crippen molar-refractivity contribution < 1.29 is 13.9 Å². The third kappa shape index (κ3) is 4.23. The smallest absolute Gasteiger partial charge is 0.373 e. The zero-order valence-corrected chi connectivity index (χ0v) is 13.5. The summed E-state index contributed by atoms with van der Waals surface area (Å²) in [5.41, 5.74) is 1.37. The average molecular weight is 313 g/mol. The van der Waals surface area contributed by atoms with Crippen LogP contribution in [-0.4, -0.2) is 31.1 Å². The topological polar surface area (TPSA) is 42.7 Å². The van der Waals surface area contributed by atoms with Gasteiger partial charge in [-0.2, -0.15) is 0 Å². The first kappa shape index (κ1) is 15.8. The second-order valence-corrected chi connectivity index (χ2v) is 6.17. The minimum Gasteiger partial charge on any atom is -0.463 e. The minimum absolute atomic E-state index is 0.295. The van der Waals surface area contributed by atoms with Crippen LogP contribution in [0, 0.1) is 5.92 Å². The Labute approximate surface area is 137 Å². The highest BCUT2D eigenvalue weighted by Gasteiger charge is 2.21. The minimum atomic E-state index is -0.408. The molecule has 23 heavy (non-hydrogen) atoms. The first-order chi connectivity index (χ1) is 11.2. The lowest BCUT2D eigenvalue weighted by molar-refractivity contribution is 0.0562. The first-order valence-electron chi connectivity index (χ1n) is 8.18. The molecule has 122 valence electrons. The Morgan fingerprint density at radius 2 is 1.91 bits per heavy atom. The van der Waals surface area contributed by atoms with Crippen molar-refractivity contribution in [2.45, 2.75) is 25.8 Å². The van der Waals surface area contributed by atoms with Crippen LogP contribution in [0.25, 0.3) is 0 Å². The summed E-state index contributed by atoms with van der Waals surface area (Å²) in [6, 6.07) is 14.2. The lowest BCUT2D eigenvalue weighted by Crippen LogP contribution is -2.33. The van der Waals surface area contributed by atoms with Gasteiger partial charge in [0, 0.05) is 13.0 Å². The Hall–Kier alpha value is -2.07. The number of piperidine rings is 1. The number of benzene rings is 1. The van der Waals surface area contributed by atoms with Crippen molar-refractivity contribution in [3.8, 4) is 0 Å². The summed E-state index contributed by atoms with van der Waals surface area (Å²) in [7, 11) is 1.37. The molecule has 0 N–H and O–H groups in total. The number of hydrogen-bond donors (Lipinski definition) is 0. The molecule has 4 heteroatoms. The zero-order valence-electron chi connectivity index (χ0n) is 13.5. The molecule has 4 nitrogen and oxygen atoms in total. The van der Waals surface area contributed by atoms with Gasteiger partial charge in [0.05, 0.1) is 7.11 Å². The molecule has 1 saturated heterocycles.